The van der Waals surface area contributed by atoms with Crippen molar-refractivity contribution in [3.63, 3.8) is 0 Å². The smallest absolute Gasteiger partial charge is 0.414 e. The molecule has 0 unspecified atom stereocenters. The number of nitrogens with zero attached hydrogens (tertiary/aromatic N) is 1. The molecule has 1 aromatic rings. The zero-order valence-corrected chi connectivity index (χ0v) is 17.1. The number of nitrogens with one attached hydrogen (secondary N) is 1. The number of hydrogen-bond donors (Lipinski definition) is 3. The van der Waals surface area contributed by atoms with Gasteiger partial charge in [0.15, 0.2) is 0 Å². The quantitative estimate of drug-likeness (QED) is 0.620. The normalized spacial score (nSPS) is 14.9. The van der Waals surface area contributed by atoms with Crippen LogP contribution in [-0.2, 0) is 20.9 Å². The number of likely N-dealkylation sites (tertiary alicyclic amines) is 1. The molecule has 3 N–H and O–H groups in total. The van der Waals surface area contributed by atoms with E-state index in [0.717, 1.165) is 50.5 Å². The van der Waals surface area contributed by atoms with Crippen LogP contribution in [0.5, 0.6) is 0 Å². The summed E-state index contributed by atoms with van der Waals surface area (Å²) in [5, 5.41) is 18.6. The molecule has 0 spiro atoms. The lowest BCUT2D eigenvalue weighted by Crippen LogP contribution is -2.40. The maximum absolute atomic E-state index is 12.1. The number of carbonyl (C=O) groups is 3. The van der Waals surface area contributed by atoms with Gasteiger partial charge < -0.3 is 15.5 Å². The number of rotatable bonds is 6. The van der Waals surface area contributed by atoms with Crippen molar-refractivity contribution in [1.29, 1.82) is 0 Å². The molecule has 7 nitrogen and oxygen atoms in total. The largest absolute Gasteiger partial charge is 0.473 e. The van der Waals surface area contributed by atoms with E-state index in [1.54, 1.807) is 0 Å². The van der Waals surface area contributed by atoms with Gasteiger partial charge in [0.2, 0.25) is 5.91 Å². The zero-order valence-electron chi connectivity index (χ0n) is 16.4. The predicted molar refractivity (Wildman–Crippen MR) is 107 cm³/mol. The minimum absolute atomic E-state index is 0.189. The molecule has 156 valence electrons. The van der Waals surface area contributed by atoms with Crippen molar-refractivity contribution in [1.82, 2.24) is 10.2 Å². The van der Waals surface area contributed by atoms with Crippen molar-refractivity contribution in [3.05, 3.63) is 34.9 Å². The first-order chi connectivity index (χ1) is 13.2. The molecule has 0 saturated carbocycles. The van der Waals surface area contributed by atoms with E-state index >= 15 is 0 Å². The minimum Gasteiger partial charge on any atom is -0.473 e. The highest BCUT2D eigenvalue weighted by molar-refractivity contribution is 6.30. The number of carbonyl (C=O) groups excluding carboxylic acids is 1. The van der Waals surface area contributed by atoms with Crippen LogP contribution in [0.15, 0.2) is 24.3 Å². The lowest BCUT2D eigenvalue weighted by atomic mass is 9.95. The molecule has 1 aliphatic rings. The van der Waals surface area contributed by atoms with Gasteiger partial charge in [-0.25, -0.2) is 9.59 Å². The Bertz CT molecular complexity index is 629. The Kier molecular flexibility index (Phi) is 10.6. The van der Waals surface area contributed by atoms with E-state index in [0.29, 0.717) is 5.92 Å². The first-order valence-electron chi connectivity index (χ1n) is 9.39. The summed E-state index contributed by atoms with van der Waals surface area (Å²) in [6.07, 6.45) is 2.98. The molecule has 28 heavy (non-hydrogen) atoms. The van der Waals surface area contributed by atoms with Crippen LogP contribution in [-0.4, -0.2) is 52.6 Å². The van der Waals surface area contributed by atoms with Gasteiger partial charge in [0, 0.05) is 24.0 Å². The molecule has 1 saturated heterocycles. The summed E-state index contributed by atoms with van der Waals surface area (Å²) in [4.78, 5) is 32.8. The summed E-state index contributed by atoms with van der Waals surface area (Å²) in [5.74, 6) is -2.58. The average molecular weight is 413 g/mol. The fourth-order valence-electron chi connectivity index (χ4n) is 2.83. The van der Waals surface area contributed by atoms with Crippen molar-refractivity contribution in [2.45, 2.75) is 39.7 Å². The standard InChI is InChI=1S/C18H27ClN2O.C2H2O4/c1-14(2)7-10-20-18(22)16-8-11-21(12-9-16)13-15-3-5-17(19)6-4-15;3-1(4)2(5)6/h3-6,14,16H,7-13H2,1-2H3,(H,20,22);(H,3,4)(H,5,6). The second-order valence-electron chi connectivity index (χ2n) is 7.26. The topological polar surface area (TPSA) is 107 Å². The van der Waals surface area contributed by atoms with E-state index in [9.17, 15) is 4.79 Å². The second-order valence-corrected chi connectivity index (χ2v) is 7.70. The maximum Gasteiger partial charge on any atom is 0.414 e. The molecule has 2 rings (SSSR count). The zero-order chi connectivity index (χ0) is 21.1. The predicted octanol–water partition coefficient (Wildman–Crippen LogP) is 2.87. The Hall–Kier alpha value is -2.12. The first kappa shape index (κ1) is 23.9. The number of hydrogen-bond acceptors (Lipinski definition) is 4. The maximum atomic E-state index is 12.1. The van der Waals surface area contributed by atoms with E-state index in [-0.39, 0.29) is 11.8 Å². The second kappa shape index (κ2) is 12.4. The number of carboxylic acid groups (broad SMARTS) is 2. The molecule has 1 amide bonds. The third kappa shape index (κ3) is 9.71. The fraction of sp³-hybridized carbons (Fsp3) is 0.550. The van der Waals surface area contributed by atoms with Crippen LogP contribution in [0, 0.1) is 11.8 Å². The van der Waals surface area contributed by atoms with Gasteiger partial charge in [0.25, 0.3) is 0 Å². The number of amides is 1. The van der Waals surface area contributed by atoms with Gasteiger partial charge in [0.05, 0.1) is 0 Å². The highest BCUT2D eigenvalue weighted by atomic mass is 35.5. The number of aliphatic carboxylic acids is 2. The third-order valence-corrected chi connectivity index (χ3v) is 4.73. The van der Waals surface area contributed by atoms with Gasteiger partial charge in [-0.1, -0.05) is 37.6 Å². The molecule has 1 fully saturated rings. The molecule has 1 aromatic carbocycles. The summed E-state index contributed by atoms with van der Waals surface area (Å²) in [6, 6.07) is 8.03. The Balaban J connectivity index is 0.000000568. The summed E-state index contributed by atoms with van der Waals surface area (Å²) >= 11 is 5.91. The van der Waals surface area contributed by atoms with Crippen molar-refractivity contribution < 1.29 is 24.6 Å². The van der Waals surface area contributed by atoms with Crippen molar-refractivity contribution >= 4 is 29.4 Å². The van der Waals surface area contributed by atoms with Crippen LogP contribution < -0.4 is 5.32 Å². The average Bonchev–Trinajstić information content (AvgIpc) is 2.64. The van der Waals surface area contributed by atoms with E-state index < -0.39 is 11.9 Å². The van der Waals surface area contributed by atoms with Crippen LogP contribution in [0.4, 0.5) is 0 Å². The Morgan fingerprint density at radius 2 is 1.64 bits per heavy atom. The highest BCUT2D eigenvalue weighted by Crippen LogP contribution is 2.20. The van der Waals surface area contributed by atoms with Gasteiger partial charge in [-0.15, -0.1) is 0 Å². The fourth-order valence-corrected chi connectivity index (χ4v) is 2.96. The number of halogens is 1. The van der Waals surface area contributed by atoms with Gasteiger partial charge in [-0.3, -0.25) is 9.69 Å². The van der Waals surface area contributed by atoms with Crippen LogP contribution in [0.3, 0.4) is 0 Å². The molecule has 1 heterocycles. The molecule has 0 aliphatic carbocycles. The van der Waals surface area contributed by atoms with Crippen LogP contribution in [0.2, 0.25) is 5.02 Å². The third-order valence-electron chi connectivity index (χ3n) is 4.48. The lowest BCUT2D eigenvalue weighted by molar-refractivity contribution is -0.159. The summed E-state index contributed by atoms with van der Waals surface area (Å²) in [6.45, 7) is 8.10. The minimum atomic E-state index is -1.82. The van der Waals surface area contributed by atoms with Crippen molar-refractivity contribution in [3.8, 4) is 0 Å². The van der Waals surface area contributed by atoms with Gasteiger partial charge in [-0.2, -0.15) is 0 Å². The van der Waals surface area contributed by atoms with Crippen LogP contribution >= 0.6 is 11.6 Å². The number of benzene rings is 1. The Morgan fingerprint density at radius 1 is 1.11 bits per heavy atom. The molecule has 0 aromatic heterocycles. The monoisotopic (exact) mass is 412 g/mol. The molecular weight excluding hydrogens is 384 g/mol. The van der Waals surface area contributed by atoms with Crippen LogP contribution in [0.1, 0.15) is 38.7 Å². The summed E-state index contributed by atoms with van der Waals surface area (Å²) in [7, 11) is 0. The SMILES string of the molecule is CC(C)CCNC(=O)C1CCN(Cc2ccc(Cl)cc2)CC1.O=C(O)C(=O)O. The molecule has 8 heteroatoms. The summed E-state index contributed by atoms with van der Waals surface area (Å²) < 4.78 is 0. The number of carboxylic acids is 2. The molecule has 0 bridgehead atoms. The van der Waals surface area contributed by atoms with Gasteiger partial charge >= 0.3 is 11.9 Å². The van der Waals surface area contributed by atoms with E-state index in [2.05, 4.69) is 36.2 Å². The lowest BCUT2D eigenvalue weighted by Gasteiger charge is -2.31. The van der Waals surface area contributed by atoms with E-state index in [1.807, 2.05) is 12.1 Å². The van der Waals surface area contributed by atoms with Crippen molar-refractivity contribution in [2.75, 3.05) is 19.6 Å². The van der Waals surface area contributed by atoms with Crippen LogP contribution in [0.25, 0.3) is 0 Å². The Labute approximate surface area is 170 Å². The number of piperidine rings is 1. The van der Waals surface area contributed by atoms with E-state index in [4.69, 9.17) is 31.4 Å². The summed E-state index contributed by atoms with van der Waals surface area (Å²) in [5.41, 5.74) is 1.28. The molecule has 0 radical (unpaired) electrons. The van der Waals surface area contributed by atoms with Crippen molar-refractivity contribution in [2.24, 2.45) is 11.8 Å². The van der Waals surface area contributed by atoms with Gasteiger partial charge in [-0.05, 0) is 56.0 Å². The van der Waals surface area contributed by atoms with Gasteiger partial charge in [0.1, 0.15) is 0 Å². The molecule has 1 aliphatic heterocycles. The molecule has 0 atom stereocenters. The Morgan fingerprint density at radius 3 is 2.11 bits per heavy atom. The molecular formula is C20H29ClN2O5. The first-order valence-corrected chi connectivity index (χ1v) is 9.77. The highest BCUT2D eigenvalue weighted by Gasteiger charge is 2.24. The van der Waals surface area contributed by atoms with E-state index in [1.165, 1.54) is 5.56 Å².